The Bertz CT molecular complexity index is 1190. The summed E-state index contributed by atoms with van der Waals surface area (Å²) in [5.74, 6) is 0.699. The van der Waals surface area contributed by atoms with Crippen molar-refractivity contribution in [3.63, 3.8) is 0 Å². The number of benzene rings is 3. The van der Waals surface area contributed by atoms with Gasteiger partial charge in [-0.2, -0.15) is 0 Å². The van der Waals surface area contributed by atoms with Crippen LogP contribution in [0.15, 0.2) is 84.9 Å². The zero-order chi connectivity index (χ0) is 22.2. The summed E-state index contributed by atoms with van der Waals surface area (Å²) in [4.78, 5) is 29.6. The molecule has 6 heteroatoms. The van der Waals surface area contributed by atoms with Crippen molar-refractivity contribution in [2.45, 2.75) is 25.9 Å². The third-order valence-electron chi connectivity index (χ3n) is 5.27. The van der Waals surface area contributed by atoms with Gasteiger partial charge >= 0.3 is 0 Å². The van der Waals surface area contributed by atoms with Crippen molar-refractivity contribution in [2.24, 2.45) is 0 Å². The number of aromatic nitrogens is 2. The highest BCUT2D eigenvalue weighted by molar-refractivity contribution is 5.94. The maximum absolute atomic E-state index is 12.6. The molecule has 3 aromatic carbocycles. The van der Waals surface area contributed by atoms with E-state index in [9.17, 15) is 9.59 Å². The van der Waals surface area contributed by atoms with E-state index in [4.69, 9.17) is 4.98 Å². The van der Waals surface area contributed by atoms with Crippen LogP contribution in [0.25, 0.3) is 11.0 Å². The van der Waals surface area contributed by atoms with Crippen LogP contribution in [0.5, 0.6) is 0 Å². The molecule has 0 aliphatic rings. The number of nitrogens with one attached hydrogen (secondary N) is 2. The van der Waals surface area contributed by atoms with E-state index in [-0.39, 0.29) is 18.4 Å². The lowest BCUT2D eigenvalue weighted by atomic mass is 10.2. The summed E-state index contributed by atoms with van der Waals surface area (Å²) in [5, 5.41) is 5.93. The molecule has 1 aromatic heterocycles. The normalized spacial score (nSPS) is 10.8. The average molecular weight is 427 g/mol. The Labute approximate surface area is 187 Å². The van der Waals surface area contributed by atoms with Gasteiger partial charge in [0.2, 0.25) is 5.91 Å². The summed E-state index contributed by atoms with van der Waals surface area (Å²) < 4.78 is 1.97. The second kappa shape index (κ2) is 10.4. The molecule has 2 amide bonds. The van der Waals surface area contributed by atoms with Crippen LogP contribution >= 0.6 is 0 Å². The molecule has 32 heavy (non-hydrogen) atoms. The summed E-state index contributed by atoms with van der Waals surface area (Å²) in [7, 11) is 0. The van der Waals surface area contributed by atoms with Gasteiger partial charge in [0.1, 0.15) is 12.4 Å². The molecule has 162 valence electrons. The minimum atomic E-state index is -0.0839. The van der Waals surface area contributed by atoms with Gasteiger partial charge in [-0.05, 0) is 36.2 Å². The molecular formula is C26H26N4O2. The van der Waals surface area contributed by atoms with Crippen molar-refractivity contribution in [2.75, 3.05) is 6.54 Å². The van der Waals surface area contributed by atoms with Crippen LogP contribution in [0, 0.1) is 0 Å². The molecule has 2 N–H and O–H groups in total. The Morgan fingerprint density at radius 2 is 1.50 bits per heavy atom. The number of carbonyl (C=O) groups excluding carboxylic acids is 2. The molecule has 6 nitrogen and oxygen atoms in total. The summed E-state index contributed by atoms with van der Waals surface area (Å²) >= 11 is 0. The number of fused-ring (bicyclic) bond motifs is 1. The largest absolute Gasteiger partial charge is 0.352 e. The lowest BCUT2D eigenvalue weighted by molar-refractivity contribution is -0.121. The first-order valence-electron chi connectivity index (χ1n) is 10.8. The quantitative estimate of drug-likeness (QED) is 0.401. The average Bonchev–Trinajstić information content (AvgIpc) is 3.18. The van der Waals surface area contributed by atoms with E-state index in [1.807, 2.05) is 77.4 Å². The monoisotopic (exact) mass is 426 g/mol. The van der Waals surface area contributed by atoms with E-state index in [1.165, 1.54) is 0 Å². The number of imidazole rings is 1. The number of rotatable bonds is 9. The first kappa shape index (κ1) is 21.3. The number of para-hydroxylation sites is 2. The summed E-state index contributed by atoms with van der Waals surface area (Å²) in [5.41, 5.74) is 3.51. The number of hydrogen-bond donors (Lipinski definition) is 2. The summed E-state index contributed by atoms with van der Waals surface area (Å²) in [6, 6.07) is 26.8. The fourth-order valence-electron chi connectivity index (χ4n) is 3.63. The van der Waals surface area contributed by atoms with Gasteiger partial charge in [-0.3, -0.25) is 9.59 Å². The predicted octanol–water partition coefficient (Wildman–Crippen LogP) is 3.72. The Kier molecular flexibility index (Phi) is 6.92. The smallest absolute Gasteiger partial charge is 0.251 e. The van der Waals surface area contributed by atoms with Gasteiger partial charge in [0.15, 0.2) is 0 Å². The third kappa shape index (κ3) is 5.40. The predicted molar refractivity (Wildman–Crippen MR) is 125 cm³/mol. The molecule has 0 atom stereocenters. The second-order valence-corrected chi connectivity index (χ2v) is 7.59. The first-order valence-corrected chi connectivity index (χ1v) is 10.8. The molecule has 0 radical (unpaired) electrons. The van der Waals surface area contributed by atoms with Gasteiger partial charge in [0.05, 0.1) is 11.0 Å². The highest BCUT2D eigenvalue weighted by atomic mass is 16.2. The molecule has 0 fully saturated rings. The van der Waals surface area contributed by atoms with E-state index in [0.29, 0.717) is 25.1 Å². The van der Waals surface area contributed by atoms with Gasteiger partial charge in [-0.25, -0.2) is 4.98 Å². The molecule has 0 aliphatic heterocycles. The zero-order valence-electron chi connectivity index (χ0n) is 17.8. The Hall–Kier alpha value is -3.93. The van der Waals surface area contributed by atoms with Gasteiger partial charge in [0.25, 0.3) is 5.91 Å². The zero-order valence-corrected chi connectivity index (χ0v) is 17.8. The standard InChI is InChI=1S/C26H26N4O2/c31-25(28-18-20-10-3-1-4-11-20)19-30-23-15-8-7-14-22(23)29-24(30)16-9-17-27-26(32)21-12-5-2-6-13-21/h1-8,10-15H,9,16-19H2,(H,27,32)(H,28,31). The number of nitrogens with zero attached hydrogens (tertiary/aromatic N) is 2. The van der Waals surface area contributed by atoms with Crippen LogP contribution in [0.1, 0.15) is 28.2 Å². The number of carbonyl (C=O) groups is 2. The summed E-state index contributed by atoms with van der Waals surface area (Å²) in [6.45, 7) is 1.24. The number of hydrogen-bond acceptors (Lipinski definition) is 3. The molecule has 4 aromatic rings. The van der Waals surface area contributed by atoms with Crippen molar-refractivity contribution >= 4 is 22.8 Å². The van der Waals surface area contributed by atoms with Crippen molar-refractivity contribution in [1.29, 1.82) is 0 Å². The molecule has 0 aliphatic carbocycles. The highest BCUT2D eigenvalue weighted by Gasteiger charge is 2.14. The van der Waals surface area contributed by atoms with Crippen LogP contribution in [0.3, 0.4) is 0 Å². The van der Waals surface area contributed by atoms with Crippen LogP contribution < -0.4 is 10.6 Å². The highest BCUT2D eigenvalue weighted by Crippen LogP contribution is 2.17. The Morgan fingerprint density at radius 1 is 0.812 bits per heavy atom. The Morgan fingerprint density at radius 3 is 2.28 bits per heavy atom. The van der Waals surface area contributed by atoms with E-state index in [1.54, 1.807) is 12.1 Å². The Balaban J connectivity index is 1.37. The van der Waals surface area contributed by atoms with Gasteiger partial charge in [0, 0.05) is 25.1 Å². The van der Waals surface area contributed by atoms with E-state index in [2.05, 4.69) is 10.6 Å². The maximum Gasteiger partial charge on any atom is 0.251 e. The fourth-order valence-corrected chi connectivity index (χ4v) is 3.63. The molecule has 0 unspecified atom stereocenters. The molecule has 4 rings (SSSR count). The van der Waals surface area contributed by atoms with E-state index >= 15 is 0 Å². The van der Waals surface area contributed by atoms with Crippen molar-refractivity contribution < 1.29 is 9.59 Å². The topological polar surface area (TPSA) is 76.0 Å². The molecule has 0 bridgehead atoms. The first-order chi connectivity index (χ1) is 15.7. The maximum atomic E-state index is 12.6. The lowest BCUT2D eigenvalue weighted by Gasteiger charge is -2.11. The van der Waals surface area contributed by atoms with Gasteiger partial charge < -0.3 is 15.2 Å². The minimum absolute atomic E-state index is 0.0596. The van der Waals surface area contributed by atoms with Crippen LogP contribution in [0.2, 0.25) is 0 Å². The SMILES string of the molecule is O=C(Cn1c(CCCNC(=O)c2ccccc2)nc2ccccc21)NCc1ccccc1. The third-order valence-corrected chi connectivity index (χ3v) is 5.27. The molecule has 0 spiro atoms. The second-order valence-electron chi connectivity index (χ2n) is 7.59. The number of aryl methyl sites for hydroxylation is 1. The lowest BCUT2D eigenvalue weighted by Crippen LogP contribution is -2.28. The molecule has 0 saturated heterocycles. The van der Waals surface area contributed by atoms with Crippen LogP contribution in [0.4, 0.5) is 0 Å². The fraction of sp³-hybridized carbons (Fsp3) is 0.192. The molecule has 0 saturated carbocycles. The van der Waals surface area contributed by atoms with Crippen LogP contribution in [-0.4, -0.2) is 27.9 Å². The van der Waals surface area contributed by atoms with Gasteiger partial charge in [-0.15, -0.1) is 0 Å². The summed E-state index contributed by atoms with van der Waals surface area (Å²) in [6.07, 6.45) is 1.39. The van der Waals surface area contributed by atoms with Crippen LogP contribution in [-0.2, 0) is 24.3 Å². The number of amides is 2. The molecule has 1 heterocycles. The van der Waals surface area contributed by atoms with Crippen molar-refractivity contribution in [3.8, 4) is 0 Å². The van der Waals surface area contributed by atoms with E-state index < -0.39 is 0 Å². The minimum Gasteiger partial charge on any atom is -0.352 e. The van der Waals surface area contributed by atoms with Crippen molar-refractivity contribution in [1.82, 2.24) is 20.2 Å². The van der Waals surface area contributed by atoms with Gasteiger partial charge in [-0.1, -0.05) is 60.7 Å². The molecular weight excluding hydrogens is 400 g/mol. The van der Waals surface area contributed by atoms with E-state index in [0.717, 1.165) is 28.8 Å². The van der Waals surface area contributed by atoms with Crippen molar-refractivity contribution in [3.05, 3.63) is 102 Å².